The average Bonchev–Trinajstić information content (AvgIpc) is 2.77. The fraction of sp³-hybridized carbons (Fsp3) is 0.150. The molecule has 1 aromatic heterocycles. The van der Waals surface area contributed by atoms with Crippen molar-refractivity contribution < 1.29 is 9.53 Å². The molecule has 1 aliphatic rings. The Kier molecular flexibility index (Phi) is 4.53. The molecule has 1 amide bonds. The minimum Gasteiger partial charge on any atom is -0.496 e. The van der Waals surface area contributed by atoms with E-state index in [2.05, 4.69) is 31.5 Å². The van der Waals surface area contributed by atoms with Gasteiger partial charge in [-0.2, -0.15) is 0 Å². The Morgan fingerprint density at radius 3 is 2.85 bits per heavy atom. The molecule has 0 atom stereocenters. The number of aryl methyl sites for hydroxylation is 1. The summed E-state index contributed by atoms with van der Waals surface area (Å²) in [7, 11) is 1.65. The second-order valence-corrected chi connectivity index (χ2v) is 7.21. The number of hydrogen-bond acceptors (Lipinski definition) is 5. The molecule has 0 saturated carbocycles. The highest BCUT2D eigenvalue weighted by molar-refractivity contribution is 9.10. The van der Waals surface area contributed by atoms with E-state index in [9.17, 15) is 4.79 Å². The molecule has 0 saturated heterocycles. The van der Waals surface area contributed by atoms with E-state index in [1.165, 1.54) is 0 Å². The molecule has 0 spiro atoms. The molecular formula is C20H17BrN4O2. The average molecular weight is 425 g/mol. The van der Waals surface area contributed by atoms with Crippen molar-refractivity contribution in [3.63, 3.8) is 0 Å². The summed E-state index contributed by atoms with van der Waals surface area (Å²) in [5, 5.41) is 6.15. The Morgan fingerprint density at radius 1 is 1.22 bits per heavy atom. The van der Waals surface area contributed by atoms with Gasteiger partial charge in [-0.05, 0) is 48.9 Å². The van der Waals surface area contributed by atoms with Crippen LogP contribution in [0.3, 0.4) is 0 Å². The van der Waals surface area contributed by atoms with Gasteiger partial charge >= 0.3 is 0 Å². The molecule has 0 aliphatic carbocycles. The first-order valence-electron chi connectivity index (χ1n) is 8.41. The van der Waals surface area contributed by atoms with Crippen molar-refractivity contribution in [1.82, 2.24) is 9.97 Å². The second-order valence-electron chi connectivity index (χ2n) is 6.29. The zero-order chi connectivity index (χ0) is 19.0. The van der Waals surface area contributed by atoms with E-state index in [1.54, 1.807) is 13.3 Å². The van der Waals surface area contributed by atoms with Crippen LogP contribution in [-0.4, -0.2) is 23.0 Å². The monoisotopic (exact) mass is 424 g/mol. The van der Waals surface area contributed by atoms with Gasteiger partial charge in [-0.15, -0.1) is 0 Å². The number of carbonyl (C=O) groups is 1. The third kappa shape index (κ3) is 3.50. The van der Waals surface area contributed by atoms with Crippen molar-refractivity contribution >= 4 is 39.2 Å². The summed E-state index contributed by atoms with van der Waals surface area (Å²) in [5.41, 5.74) is 5.02. The maximum atomic E-state index is 12.2. The van der Waals surface area contributed by atoms with Crippen LogP contribution >= 0.6 is 15.9 Å². The van der Waals surface area contributed by atoms with Crippen molar-refractivity contribution in [2.45, 2.75) is 13.3 Å². The summed E-state index contributed by atoms with van der Waals surface area (Å²) >= 11 is 3.49. The van der Waals surface area contributed by atoms with Gasteiger partial charge < -0.3 is 15.4 Å². The van der Waals surface area contributed by atoms with E-state index in [1.807, 2.05) is 43.3 Å². The van der Waals surface area contributed by atoms with Gasteiger partial charge in [0.2, 0.25) is 11.9 Å². The molecule has 1 aliphatic heterocycles. The molecule has 6 nitrogen and oxygen atoms in total. The molecule has 7 heteroatoms. The molecule has 0 bridgehead atoms. The molecular weight excluding hydrogens is 408 g/mol. The number of rotatable bonds is 3. The van der Waals surface area contributed by atoms with Gasteiger partial charge in [0.05, 0.1) is 24.9 Å². The Hall–Kier alpha value is -2.93. The molecule has 2 aromatic carbocycles. The Balaban J connectivity index is 1.75. The van der Waals surface area contributed by atoms with Crippen LogP contribution < -0.4 is 15.4 Å². The topological polar surface area (TPSA) is 76.1 Å². The smallest absolute Gasteiger partial charge is 0.228 e. The fourth-order valence-corrected chi connectivity index (χ4v) is 3.46. The zero-order valence-corrected chi connectivity index (χ0v) is 16.4. The standard InChI is InChI=1S/C20H17BrN4O2/c1-11-7-14(4-6-17(11)27-2)23-20-22-10-12-8-18(26)24-16-5-3-13(21)9-15(16)19(12)25-20/h3-7,9-10H,8H2,1-2H3,(H,24,26)(H,22,23,25). The quantitative estimate of drug-likeness (QED) is 0.648. The Bertz CT molecular complexity index is 1050. The number of anilines is 3. The van der Waals surface area contributed by atoms with E-state index in [-0.39, 0.29) is 12.3 Å². The molecule has 0 unspecified atom stereocenters. The van der Waals surface area contributed by atoms with Crippen LogP contribution in [0.4, 0.5) is 17.3 Å². The van der Waals surface area contributed by atoms with E-state index >= 15 is 0 Å². The van der Waals surface area contributed by atoms with Crippen LogP contribution in [0.25, 0.3) is 11.3 Å². The maximum Gasteiger partial charge on any atom is 0.228 e. The highest BCUT2D eigenvalue weighted by Gasteiger charge is 2.21. The third-order valence-corrected chi connectivity index (χ3v) is 4.87. The SMILES string of the molecule is COc1ccc(Nc2ncc3c(n2)-c2cc(Br)ccc2NC(=O)C3)cc1C. The number of ether oxygens (including phenoxy) is 1. The minimum absolute atomic E-state index is 0.0765. The van der Waals surface area contributed by atoms with Gasteiger partial charge in [0, 0.05) is 27.5 Å². The van der Waals surface area contributed by atoms with Gasteiger partial charge in [-0.25, -0.2) is 9.97 Å². The number of nitrogens with zero attached hydrogens (tertiary/aromatic N) is 2. The zero-order valence-electron chi connectivity index (χ0n) is 14.8. The van der Waals surface area contributed by atoms with Gasteiger partial charge in [0.1, 0.15) is 5.75 Å². The Labute approximate surface area is 165 Å². The van der Waals surface area contributed by atoms with Gasteiger partial charge in [0.25, 0.3) is 0 Å². The third-order valence-electron chi connectivity index (χ3n) is 4.38. The van der Waals surface area contributed by atoms with Crippen molar-refractivity contribution in [2.75, 3.05) is 17.7 Å². The van der Waals surface area contributed by atoms with Gasteiger partial charge in [0.15, 0.2) is 0 Å². The Morgan fingerprint density at radius 2 is 2.07 bits per heavy atom. The van der Waals surface area contributed by atoms with E-state index < -0.39 is 0 Å². The fourth-order valence-electron chi connectivity index (χ4n) is 3.10. The molecule has 0 radical (unpaired) electrons. The van der Waals surface area contributed by atoms with Crippen LogP contribution in [0.1, 0.15) is 11.1 Å². The molecule has 3 aromatic rings. The van der Waals surface area contributed by atoms with Crippen LogP contribution in [-0.2, 0) is 11.2 Å². The highest BCUT2D eigenvalue weighted by atomic mass is 79.9. The van der Waals surface area contributed by atoms with Crippen molar-refractivity contribution in [3.05, 3.63) is 58.2 Å². The minimum atomic E-state index is -0.0765. The number of fused-ring (bicyclic) bond motifs is 3. The molecule has 2 N–H and O–H groups in total. The number of halogens is 1. The van der Waals surface area contributed by atoms with Crippen LogP contribution in [0.2, 0.25) is 0 Å². The number of carbonyl (C=O) groups excluding carboxylic acids is 1. The molecule has 136 valence electrons. The van der Waals surface area contributed by atoms with Gasteiger partial charge in [-0.1, -0.05) is 15.9 Å². The van der Waals surface area contributed by atoms with E-state index in [0.29, 0.717) is 5.95 Å². The van der Waals surface area contributed by atoms with Crippen LogP contribution in [0.15, 0.2) is 47.1 Å². The molecule has 2 heterocycles. The summed E-state index contributed by atoms with van der Waals surface area (Å²) in [5.74, 6) is 1.22. The van der Waals surface area contributed by atoms with Crippen LogP contribution in [0, 0.1) is 6.92 Å². The number of methoxy groups -OCH3 is 1. The molecule has 0 fully saturated rings. The van der Waals surface area contributed by atoms with E-state index in [0.717, 1.165) is 44.0 Å². The lowest BCUT2D eigenvalue weighted by Crippen LogP contribution is -2.12. The van der Waals surface area contributed by atoms with Crippen molar-refractivity contribution in [3.8, 4) is 17.0 Å². The molecule has 27 heavy (non-hydrogen) atoms. The normalized spacial score (nSPS) is 12.5. The number of benzene rings is 2. The van der Waals surface area contributed by atoms with Crippen molar-refractivity contribution in [1.29, 1.82) is 0 Å². The summed E-state index contributed by atoms with van der Waals surface area (Å²) in [4.78, 5) is 21.2. The number of aromatic nitrogens is 2. The summed E-state index contributed by atoms with van der Waals surface area (Å²) < 4.78 is 6.22. The summed E-state index contributed by atoms with van der Waals surface area (Å²) in [6.07, 6.45) is 1.94. The molecule has 4 rings (SSSR count). The largest absolute Gasteiger partial charge is 0.496 e. The highest BCUT2D eigenvalue weighted by Crippen LogP contribution is 2.35. The summed E-state index contributed by atoms with van der Waals surface area (Å²) in [6, 6.07) is 11.5. The number of hydrogen-bond donors (Lipinski definition) is 2. The van der Waals surface area contributed by atoms with Gasteiger partial charge in [-0.3, -0.25) is 4.79 Å². The predicted molar refractivity (Wildman–Crippen MR) is 109 cm³/mol. The second kappa shape index (κ2) is 7.00. The summed E-state index contributed by atoms with van der Waals surface area (Å²) in [6.45, 7) is 1.98. The van der Waals surface area contributed by atoms with Crippen molar-refractivity contribution in [2.24, 2.45) is 0 Å². The lowest BCUT2D eigenvalue weighted by molar-refractivity contribution is -0.115. The first-order chi connectivity index (χ1) is 13.0. The van der Waals surface area contributed by atoms with Crippen LogP contribution in [0.5, 0.6) is 5.75 Å². The maximum absolute atomic E-state index is 12.2. The lowest BCUT2D eigenvalue weighted by atomic mass is 10.1. The number of amides is 1. The lowest BCUT2D eigenvalue weighted by Gasteiger charge is -2.12. The van der Waals surface area contributed by atoms with E-state index in [4.69, 9.17) is 9.72 Å². The first kappa shape index (κ1) is 17.5. The predicted octanol–water partition coefficient (Wildman–Crippen LogP) is 4.46. The number of nitrogens with one attached hydrogen (secondary N) is 2. The first-order valence-corrected chi connectivity index (χ1v) is 9.20.